The van der Waals surface area contributed by atoms with Gasteiger partial charge < -0.3 is 15.3 Å². The largest absolute Gasteiger partial charge is 0.507 e. The average Bonchev–Trinajstić information content (AvgIpc) is 2.82. The Morgan fingerprint density at radius 3 is 2.33 bits per heavy atom. The van der Waals surface area contributed by atoms with E-state index in [1.165, 1.54) is 6.21 Å². The lowest BCUT2D eigenvalue weighted by Crippen LogP contribution is -2.21. The van der Waals surface area contributed by atoms with Gasteiger partial charge in [-0.15, -0.1) is 0 Å². The second-order valence-electron chi connectivity index (χ2n) is 7.13. The minimum absolute atomic E-state index is 0.0857. The highest BCUT2D eigenvalue weighted by Crippen LogP contribution is 2.23. The normalized spacial score (nSPS) is 10.8. The Labute approximate surface area is 201 Å². The Balaban J connectivity index is 1.59. The number of nitrogens with one attached hydrogen (secondary N) is 2. The lowest BCUT2D eigenvalue weighted by molar-refractivity contribution is 0.0954. The number of hydrogen-bond donors (Lipinski definition) is 3. The number of nitrogens with zero attached hydrogens (tertiary/aromatic N) is 2. The molecule has 0 radical (unpaired) electrons. The molecule has 0 aliphatic rings. The summed E-state index contributed by atoms with van der Waals surface area (Å²) in [5.41, 5.74) is 5.32. The van der Waals surface area contributed by atoms with Gasteiger partial charge in [0.2, 0.25) is 0 Å². The number of carbonyl (C=O) groups excluding carboxylic acids is 2. The molecule has 3 N–H and O–H groups in total. The maximum absolute atomic E-state index is 12.4. The summed E-state index contributed by atoms with van der Waals surface area (Å²) in [5.74, 6) is -0.576. The Hall–Kier alpha value is -3.65. The van der Waals surface area contributed by atoms with E-state index in [-0.39, 0.29) is 11.7 Å². The number of benzene rings is 3. The number of hydrogen-bond acceptors (Lipinski definition) is 5. The maximum Gasteiger partial charge on any atom is 0.271 e. The molecule has 0 aliphatic heterocycles. The first-order chi connectivity index (χ1) is 15.9. The first kappa shape index (κ1) is 24.0. The van der Waals surface area contributed by atoms with E-state index in [0.29, 0.717) is 26.9 Å². The van der Waals surface area contributed by atoms with E-state index in [9.17, 15) is 14.7 Å². The zero-order valence-electron chi connectivity index (χ0n) is 18.4. The number of phenolic OH excluding ortho intramolecular Hbond substituents is 1. The third-order valence-electron chi connectivity index (χ3n) is 5.04. The van der Waals surface area contributed by atoms with Gasteiger partial charge in [0.1, 0.15) is 5.75 Å². The van der Waals surface area contributed by atoms with E-state index in [1.54, 1.807) is 54.6 Å². The highest BCUT2D eigenvalue weighted by atomic mass is 79.9. The molecule has 8 heteroatoms. The van der Waals surface area contributed by atoms with Gasteiger partial charge in [0.25, 0.3) is 11.8 Å². The molecule has 0 spiro atoms. The monoisotopic (exact) mass is 508 g/mol. The fourth-order valence-electron chi connectivity index (χ4n) is 3.20. The molecule has 3 aromatic carbocycles. The van der Waals surface area contributed by atoms with E-state index in [0.717, 1.165) is 18.8 Å². The van der Waals surface area contributed by atoms with E-state index in [1.807, 2.05) is 26.0 Å². The van der Waals surface area contributed by atoms with Gasteiger partial charge in [0.05, 0.1) is 11.8 Å². The van der Waals surface area contributed by atoms with Gasteiger partial charge in [-0.3, -0.25) is 9.59 Å². The van der Waals surface area contributed by atoms with Gasteiger partial charge in [0.15, 0.2) is 0 Å². The van der Waals surface area contributed by atoms with Crippen LogP contribution in [0, 0.1) is 0 Å². The molecule has 0 aromatic heterocycles. The second-order valence-corrected chi connectivity index (χ2v) is 7.98. The van der Waals surface area contributed by atoms with E-state index in [4.69, 9.17) is 0 Å². The average molecular weight is 509 g/mol. The fourth-order valence-corrected chi connectivity index (χ4v) is 3.67. The topological polar surface area (TPSA) is 94.0 Å². The van der Waals surface area contributed by atoms with Crippen LogP contribution in [0.3, 0.4) is 0 Å². The van der Waals surface area contributed by atoms with Gasteiger partial charge in [0, 0.05) is 46.1 Å². The van der Waals surface area contributed by atoms with Crippen LogP contribution < -0.4 is 15.6 Å². The summed E-state index contributed by atoms with van der Waals surface area (Å²) in [4.78, 5) is 26.9. The summed E-state index contributed by atoms with van der Waals surface area (Å²) in [6.45, 7) is 5.78. The van der Waals surface area contributed by atoms with Crippen molar-refractivity contribution in [2.75, 3.05) is 23.3 Å². The van der Waals surface area contributed by atoms with E-state index >= 15 is 0 Å². The zero-order chi connectivity index (χ0) is 23.8. The van der Waals surface area contributed by atoms with Gasteiger partial charge in [-0.05, 0) is 78.3 Å². The second kappa shape index (κ2) is 11.3. The van der Waals surface area contributed by atoms with Crippen LogP contribution in [0.4, 0.5) is 11.4 Å². The standard InChI is InChI=1S/C25H25BrN4O3/c1-3-30(4-2)20-14-11-18(23(31)15-20)16-27-29-24(32)17-9-12-19(13-10-17)28-25(33)21-7-5-6-8-22(21)26/h5-16,31H,3-4H2,1-2H3,(H,28,33)(H,29,32)/b27-16+. The van der Waals surface area contributed by atoms with Gasteiger partial charge in [-0.25, -0.2) is 5.43 Å². The molecule has 0 heterocycles. The number of halogens is 1. The Morgan fingerprint density at radius 1 is 1.00 bits per heavy atom. The molecule has 0 atom stereocenters. The molecule has 33 heavy (non-hydrogen) atoms. The Morgan fingerprint density at radius 2 is 1.70 bits per heavy atom. The molecule has 0 bridgehead atoms. The first-order valence-electron chi connectivity index (χ1n) is 10.5. The summed E-state index contributed by atoms with van der Waals surface area (Å²) < 4.78 is 0.699. The van der Waals surface area contributed by atoms with Crippen molar-refractivity contribution in [3.05, 3.63) is 87.9 Å². The van der Waals surface area contributed by atoms with Crippen molar-refractivity contribution in [3.63, 3.8) is 0 Å². The Kier molecular flexibility index (Phi) is 8.21. The predicted octanol–water partition coefficient (Wildman–Crippen LogP) is 5.02. The van der Waals surface area contributed by atoms with Crippen molar-refractivity contribution < 1.29 is 14.7 Å². The molecule has 2 amide bonds. The number of anilines is 2. The van der Waals surface area contributed by atoms with Crippen molar-refractivity contribution in [1.82, 2.24) is 5.43 Å². The lowest BCUT2D eigenvalue weighted by atomic mass is 10.1. The fraction of sp³-hybridized carbons (Fsp3) is 0.160. The van der Waals surface area contributed by atoms with Crippen molar-refractivity contribution in [2.24, 2.45) is 5.10 Å². The van der Waals surface area contributed by atoms with Crippen LogP contribution in [0.1, 0.15) is 40.1 Å². The third-order valence-corrected chi connectivity index (χ3v) is 5.73. The van der Waals surface area contributed by atoms with Gasteiger partial charge in [-0.1, -0.05) is 12.1 Å². The maximum atomic E-state index is 12.4. The van der Waals surface area contributed by atoms with Crippen LogP contribution in [-0.2, 0) is 0 Å². The minimum atomic E-state index is -0.408. The number of amides is 2. The lowest BCUT2D eigenvalue weighted by Gasteiger charge is -2.21. The van der Waals surface area contributed by atoms with Crippen molar-refractivity contribution in [1.29, 1.82) is 0 Å². The van der Waals surface area contributed by atoms with Crippen LogP contribution in [0.15, 0.2) is 76.3 Å². The molecular formula is C25H25BrN4O3. The molecule has 0 saturated heterocycles. The third kappa shape index (κ3) is 6.20. The van der Waals surface area contributed by atoms with Crippen molar-refractivity contribution >= 4 is 45.3 Å². The number of hydrazone groups is 1. The SMILES string of the molecule is CCN(CC)c1ccc(/C=N/NC(=O)c2ccc(NC(=O)c3ccccc3Br)cc2)c(O)c1. The zero-order valence-corrected chi connectivity index (χ0v) is 20.0. The van der Waals surface area contributed by atoms with Crippen LogP contribution in [-0.4, -0.2) is 36.2 Å². The van der Waals surface area contributed by atoms with Crippen LogP contribution >= 0.6 is 15.9 Å². The highest BCUT2D eigenvalue weighted by Gasteiger charge is 2.11. The van der Waals surface area contributed by atoms with Crippen LogP contribution in [0.25, 0.3) is 0 Å². The Bertz CT molecular complexity index is 1160. The summed E-state index contributed by atoms with van der Waals surface area (Å²) in [6, 6.07) is 18.9. The summed E-state index contributed by atoms with van der Waals surface area (Å²) in [7, 11) is 0. The summed E-state index contributed by atoms with van der Waals surface area (Å²) >= 11 is 3.36. The molecule has 0 unspecified atom stereocenters. The number of rotatable bonds is 8. The van der Waals surface area contributed by atoms with Crippen molar-refractivity contribution in [3.8, 4) is 5.75 Å². The molecule has 0 fully saturated rings. The van der Waals surface area contributed by atoms with Crippen molar-refractivity contribution in [2.45, 2.75) is 13.8 Å². The van der Waals surface area contributed by atoms with E-state index in [2.05, 4.69) is 36.7 Å². The van der Waals surface area contributed by atoms with Crippen LogP contribution in [0.2, 0.25) is 0 Å². The highest BCUT2D eigenvalue weighted by molar-refractivity contribution is 9.10. The van der Waals surface area contributed by atoms with E-state index < -0.39 is 5.91 Å². The molecular weight excluding hydrogens is 484 g/mol. The number of carbonyl (C=O) groups is 2. The number of phenols is 1. The molecule has 7 nitrogen and oxygen atoms in total. The number of aromatic hydroxyl groups is 1. The predicted molar refractivity (Wildman–Crippen MR) is 135 cm³/mol. The molecule has 170 valence electrons. The minimum Gasteiger partial charge on any atom is -0.507 e. The summed E-state index contributed by atoms with van der Waals surface area (Å²) in [6.07, 6.45) is 1.39. The molecule has 0 aliphatic carbocycles. The first-order valence-corrected chi connectivity index (χ1v) is 11.3. The van der Waals surface area contributed by atoms with Crippen LogP contribution in [0.5, 0.6) is 5.75 Å². The quantitative estimate of drug-likeness (QED) is 0.294. The summed E-state index contributed by atoms with van der Waals surface area (Å²) in [5, 5.41) is 17.0. The van der Waals surface area contributed by atoms with Gasteiger partial charge in [-0.2, -0.15) is 5.10 Å². The molecule has 0 saturated carbocycles. The van der Waals surface area contributed by atoms with Gasteiger partial charge >= 0.3 is 0 Å². The smallest absolute Gasteiger partial charge is 0.271 e. The molecule has 3 rings (SSSR count). The molecule has 3 aromatic rings.